The molecule has 1 fully saturated rings. The molecule has 0 N–H and O–H groups in total. The van der Waals surface area contributed by atoms with Gasteiger partial charge in [0.25, 0.3) is 0 Å². The van der Waals surface area contributed by atoms with Crippen molar-refractivity contribution in [3.8, 4) is 0 Å². The van der Waals surface area contributed by atoms with Crippen LogP contribution in [-0.4, -0.2) is 18.7 Å². The van der Waals surface area contributed by atoms with E-state index in [4.69, 9.17) is 9.47 Å². The molecule has 3 nitrogen and oxygen atoms in total. The molecule has 0 bridgehead atoms. The lowest BCUT2D eigenvalue weighted by Gasteiger charge is -2.23. The van der Waals surface area contributed by atoms with E-state index in [2.05, 4.69) is 12.1 Å². The Hall–Kier alpha value is -1.77. The van der Waals surface area contributed by atoms with Crippen LogP contribution in [0.15, 0.2) is 42.2 Å². The average Bonchev–Trinajstić information content (AvgIpc) is 3.00. The Morgan fingerprint density at radius 2 is 2.17 bits per heavy atom. The van der Waals surface area contributed by atoms with Crippen molar-refractivity contribution in [1.82, 2.24) is 0 Å². The first-order valence-corrected chi connectivity index (χ1v) is 6.23. The van der Waals surface area contributed by atoms with E-state index in [9.17, 15) is 4.79 Å². The third-order valence-corrected chi connectivity index (χ3v) is 3.82. The van der Waals surface area contributed by atoms with Crippen molar-refractivity contribution in [3.63, 3.8) is 0 Å². The predicted molar refractivity (Wildman–Crippen MR) is 66.8 cm³/mol. The van der Waals surface area contributed by atoms with Gasteiger partial charge in [-0.1, -0.05) is 30.3 Å². The fourth-order valence-corrected chi connectivity index (χ4v) is 2.73. The van der Waals surface area contributed by atoms with E-state index in [-0.39, 0.29) is 11.6 Å². The second kappa shape index (κ2) is 4.16. The summed E-state index contributed by atoms with van der Waals surface area (Å²) in [6.45, 7) is 0. The van der Waals surface area contributed by atoms with Crippen LogP contribution in [0.1, 0.15) is 18.4 Å². The van der Waals surface area contributed by atoms with Gasteiger partial charge in [-0.25, -0.2) is 4.79 Å². The molecule has 1 heterocycles. The first-order valence-electron chi connectivity index (χ1n) is 6.23. The summed E-state index contributed by atoms with van der Waals surface area (Å²) in [6.07, 6.45) is 4.06. The van der Waals surface area contributed by atoms with E-state index >= 15 is 0 Å². The third-order valence-electron chi connectivity index (χ3n) is 3.82. The molecule has 3 heteroatoms. The third kappa shape index (κ3) is 2.01. The largest absolute Gasteiger partial charge is 0.501 e. The Balaban J connectivity index is 1.70. The van der Waals surface area contributed by atoms with Gasteiger partial charge in [0.05, 0.1) is 13.2 Å². The number of hydrogen-bond acceptors (Lipinski definition) is 3. The van der Waals surface area contributed by atoms with Gasteiger partial charge in [0.2, 0.25) is 0 Å². The number of benzene rings is 1. The highest BCUT2D eigenvalue weighted by atomic mass is 16.6. The van der Waals surface area contributed by atoms with Crippen LogP contribution in [0.25, 0.3) is 0 Å². The molecule has 18 heavy (non-hydrogen) atoms. The summed E-state index contributed by atoms with van der Waals surface area (Å²) in [5.74, 6) is 0.887. The van der Waals surface area contributed by atoms with E-state index in [1.807, 2.05) is 18.2 Å². The zero-order valence-corrected chi connectivity index (χ0v) is 10.4. The fraction of sp³-hybridized carbons (Fsp3) is 0.400. The number of carbonyl (C=O) groups excluding carboxylic acids is 1. The maximum atomic E-state index is 11.5. The molecule has 1 aromatic rings. The van der Waals surface area contributed by atoms with Crippen molar-refractivity contribution in [2.45, 2.75) is 24.9 Å². The van der Waals surface area contributed by atoms with E-state index in [0.717, 1.165) is 18.6 Å². The molecule has 0 aromatic heterocycles. The van der Waals surface area contributed by atoms with Crippen molar-refractivity contribution in [2.75, 3.05) is 7.11 Å². The van der Waals surface area contributed by atoms with Gasteiger partial charge in [-0.15, -0.1) is 0 Å². The molecule has 1 aromatic carbocycles. The molecule has 1 unspecified atom stereocenters. The van der Waals surface area contributed by atoms with Gasteiger partial charge in [-0.3, -0.25) is 0 Å². The Labute approximate surface area is 106 Å². The van der Waals surface area contributed by atoms with Gasteiger partial charge in [0, 0.05) is 12.3 Å². The van der Waals surface area contributed by atoms with E-state index in [1.54, 1.807) is 7.11 Å². The van der Waals surface area contributed by atoms with E-state index in [0.29, 0.717) is 12.3 Å². The zero-order chi connectivity index (χ0) is 12.6. The lowest BCUT2D eigenvalue weighted by molar-refractivity contribution is -0.148. The summed E-state index contributed by atoms with van der Waals surface area (Å²) < 4.78 is 10.7. The van der Waals surface area contributed by atoms with Crippen LogP contribution in [0.4, 0.5) is 0 Å². The summed E-state index contributed by atoms with van der Waals surface area (Å²) in [5, 5.41) is 0. The average molecular weight is 244 g/mol. The fourth-order valence-electron chi connectivity index (χ4n) is 2.73. The van der Waals surface area contributed by atoms with Crippen LogP contribution in [0.3, 0.4) is 0 Å². The second-order valence-corrected chi connectivity index (χ2v) is 5.07. The predicted octanol–water partition coefficient (Wildman–Crippen LogP) is 2.47. The highest BCUT2D eigenvalue weighted by molar-refractivity contribution is 5.84. The lowest BCUT2D eigenvalue weighted by Crippen LogP contribution is -2.27. The van der Waals surface area contributed by atoms with Crippen LogP contribution in [0.2, 0.25) is 0 Å². The molecule has 1 saturated carbocycles. The maximum absolute atomic E-state index is 11.5. The first kappa shape index (κ1) is 11.3. The van der Waals surface area contributed by atoms with Crippen LogP contribution in [0, 0.1) is 5.92 Å². The molecule has 1 spiro atoms. The number of carbonyl (C=O) groups is 1. The topological polar surface area (TPSA) is 35.5 Å². The SMILES string of the molecule is COC1=CC(=O)OC2(C1)C[C@H]2Cc1ccccc1. The molecular formula is C15H16O3. The molecule has 0 saturated heterocycles. The minimum absolute atomic E-state index is 0.270. The first-order chi connectivity index (χ1) is 8.72. The number of hydrogen-bond donors (Lipinski definition) is 0. The lowest BCUT2D eigenvalue weighted by atomic mass is 10.0. The highest BCUT2D eigenvalue weighted by Crippen LogP contribution is 2.54. The summed E-state index contributed by atoms with van der Waals surface area (Å²) in [4.78, 5) is 11.5. The maximum Gasteiger partial charge on any atom is 0.334 e. The van der Waals surface area contributed by atoms with Crippen LogP contribution >= 0.6 is 0 Å². The van der Waals surface area contributed by atoms with Gasteiger partial charge in [0.15, 0.2) is 0 Å². The van der Waals surface area contributed by atoms with Gasteiger partial charge in [0.1, 0.15) is 11.4 Å². The summed E-state index contributed by atoms with van der Waals surface area (Å²) in [7, 11) is 1.60. The monoisotopic (exact) mass is 244 g/mol. The van der Waals surface area contributed by atoms with Crippen LogP contribution < -0.4 is 0 Å². The van der Waals surface area contributed by atoms with Crippen molar-refractivity contribution >= 4 is 5.97 Å². The van der Waals surface area contributed by atoms with E-state index in [1.165, 1.54) is 11.6 Å². The molecule has 2 atom stereocenters. The number of esters is 1. The highest BCUT2D eigenvalue weighted by Gasteiger charge is 2.59. The minimum Gasteiger partial charge on any atom is -0.501 e. The normalized spacial score (nSPS) is 29.7. The van der Waals surface area contributed by atoms with Crippen molar-refractivity contribution in [2.24, 2.45) is 5.92 Å². The number of ether oxygens (including phenoxy) is 2. The van der Waals surface area contributed by atoms with E-state index < -0.39 is 0 Å². The zero-order valence-electron chi connectivity index (χ0n) is 10.4. The Bertz CT molecular complexity index is 492. The molecule has 0 radical (unpaired) electrons. The van der Waals surface area contributed by atoms with Crippen molar-refractivity contribution < 1.29 is 14.3 Å². The standard InChI is InChI=1S/C15H16O3/c1-17-13-8-14(16)18-15(10-13)9-12(15)7-11-5-3-2-4-6-11/h2-6,8,12H,7,9-10H2,1H3/t12-,15?/m1/s1. The molecule has 2 aliphatic rings. The van der Waals surface area contributed by atoms with Crippen LogP contribution in [0.5, 0.6) is 0 Å². The Kier molecular flexibility index (Phi) is 2.62. The summed E-state index contributed by atoms with van der Waals surface area (Å²) in [5.41, 5.74) is 0.997. The Morgan fingerprint density at radius 1 is 1.39 bits per heavy atom. The molecular weight excluding hydrogens is 228 g/mol. The van der Waals surface area contributed by atoms with Gasteiger partial charge >= 0.3 is 5.97 Å². The summed E-state index contributed by atoms with van der Waals surface area (Å²) >= 11 is 0. The van der Waals surface area contributed by atoms with Crippen LogP contribution in [-0.2, 0) is 20.7 Å². The molecule has 1 aliphatic carbocycles. The molecule has 3 rings (SSSR count). The quantitative estimate of drug-likeness (QED) is 0.766. The van der Waals surface area contributed by atoms with Gasteiger partial charge in [-0.05, 0) is 18.4 Å². The number of methoxy groups -OCH3 is 1. The molecule has 1 aliphatic heterocycles. The van der Waals surface area contributed by atoms with Gasteiger partial charge < -0.3 is 9.47 Å². The second-order valence-electron chi connectivity index (χ2n) is 5.07. The number of rotatable bonds is 3. The Morgan fingerprint density at radius 3 is 2.89 bits per heavy atom. The minimum atomic E-state index is -0.299. The van der Waals surface area contributed by atoms with Crippen molar-refractivity contribution in [3.05, 3.63) is 47.7 Å². The van der Waals surface area contributed by atoms with Crippen molar-refractivity contribution in [1.29, 1.82) is 0 Å². The van der Waals surface area contributed by atoms with Gasteiger partial charge in [-0.2, -0.15) is 0 Å². The molecule has 0 amide bonds. The summed E-state index contributed by atoms with van der Waals surface area (Å²) in [6, 6.07) is 10.3. The smallest absolute Gasteiger partial charge is 0.334 e. The molecule has 94 valence electrons.